The Morgan fingerprint density at radius 1 is 1.33 bits per heavy atom. The van der Waals surface area contributed by atoms with E-state index in [1.54, 1.807) is 0 Å². The molecule has 3 rings (SSSR count). The van der Waals surface area contributed by atoms with Crippen molar-refractivity contribution in [1.82, 2.24) is 9.97 Å². The second-order valence-corrected chi connectivity index (χ2v) is 5.33. The van der Waals surface area contributed by atoms with Gasteiger partial charge in [-0.25, -0.2) is 4.98 Å². The van der Waals surface area contributed by atoms with Crippen molar-refractivity contribution in [3.8, 4) is 0 Å². The fourth-order valence-corrected chi connectivity index (χ4v) is 2.88. The van der Waals surface area contributed by atoms with Gasteiger partial charge in [0.15, 0.2) is 0 Å². The quantitative estimate of drug-likeness (QED) is 0.835. The zero-order valence-corrected chi connectivity index (χ0v) is 11.2. The van der Waals surface area contributed by atoms with Crippen LogP contribution in [-0.4, -0.2) is 29.3 Å². The number of H-pyrrole nitrogens is 1. The number of nitrogens with zero attached hydrogens (tertiary/aromatic N) is 1. The summed E-state index contributed by atoms with van der Waals surface area (Å²) in [7, 11) is 0. The normalized spacial score (nSPS) is 23.7. The molecule has 18 heavy (non-hydrogen) atoms. The summed E-state index contributed by atoms with van der Waals surface area (Å²) < 4.78 is 11.9. The predicted octanol–water partition coefficient (Wildman–Crippen LogP) is 2.32. The maximum absolute atomic E-state index is 5.75. The average Bonchev–Trinajstić information content (AvgIpc) is 2.40. The van der Waals surface area contributed by atoms with E-state index >= 15 is 0 Å². The molecule has 4 nitrogen and oxygen atoms in total. The Labute approximate surface area is 112 Å². The zero-order chi connectivity index (χ0) is 12.4. The summed E-state index contributed by atoms with van der Waals surface area (Å²) in [6.45, 7) is 2.24. The Hall–Kier alpha value is -0.780. The summed E-state index contributed by atoms with van der Waals surface area (Å²) in [5.41, 5.74) is 2.26. The lowest BCUT2D eigenvalue weighted by atomic mass is 10.1. The van der Waals surface area contributed by atoms with Crippen molar-refractivity contribution in [2.24, 2.45) is 0 Å². The van der Waals surface area contributed by atoms with Crippen molar-refractivity contribution in [3.63, 3.8) is 0 Å². The third-order valence-corrected chi connectivity index (χ3v) is 3.93. The van der Waals surface area contributed by atoms with Gasteiger partial charge in [0.1, 0.15) is 10.5 Å². The van der Waals surface area contributed by atoms with Gasteiger partial charge < -0.3 is 14.5 Å². The van der Waals surface area contributed by atoms with E-state index < -0.39 is 0 Å². The third kappa shape index (κ3) is 2.63. The Morgan fingerprint density at radius 2 is 2.28 bits per heavy atom. The van der Waals surface area contributed by atoms with Crippen LogP contribution in [0.4, 0.5) is 0 Å². The molecule has 3 heterocycles. The van der Waals surface area contributed by atoms with Crippen LogP contribution in [0, 0.1) is 4.64 Å². The van der Waals surface area contributed by atoms with Crippen LogP contribution in [-0.2, 0) is 28.9 Å². The summed E-state index contributed by atoms with van der Waals surface area (Å²) in [5, 5.41) is 0. The molecule has 0 aliphatic carbocycles. The molecule has 0 bridgehead atoms. The molecular formula is C13H18N2O2S. The number of hydrogen-bond donors (Lipinski definition) is 1. The van der Waals surface area contributed by atoms with Gasteiger partial charge in [-0.3, -0.25) is 0 Å². The Kier molecular flexibility index (Phi) is 3.72. The fourth-order valence-electron chi connectivity index (χ4n) is 2.59. The van der Waals surface area contributed by atoms with Gasteiger partial charge in [-0.1, -0.05) is 12.2 Å². The summed E-state index contributed by atoms with van der Waals surface area (Å²) in [6.07, 6.45) is 5.61. The molecule has 2 aliphatic heterocycles. The number of aromatic nitrogens is 2. The molecule has 0 spiro atoms. The summed E-state index contributed by atoms with van der Waals surface area (Å²) >= 11 is 5.34. The molecule has 1 aromatic rings. The minimum absolute atomic E-state index is 0.301. The standard InChI is InChI=1S/C13H18N2O2S/c18-13-10-8-16-6-4-11(10)14-12(15-13)7-9-3-1-2-5-17-9/h9H,1-8H2,(H,14,15,18). The number of ether oxygens (including phenoxy) is 2. The molecule has 0 amide bonds. The first kappa shape index (κ1) is 12.3. The van der Waals surface area contributed by atoms with Crippen molar-refractivity contribution >= 4 is 12.2 Å². The van der Waals surface area contributed by atoms with Crippen molar-refractivity contribution in [1.29, 1.82) is 0 Å². The second kappa shape index (κ2) is 5.47. The Morgan fingerprint density at radius 3 is 3.11 bits per heavy atom. The fraction of sp³-hybridized carbons (Fsp3) is 0.692. The van der Waals surface area contributed by atoms with Gasteiger partial charge in [0.25, 0.3) is 0 Å². The Balaban J connectivity index is 1.80. The van der Waals surface area contributed by atoms with E-state index in [2.05, 4.69) is 9.97 Å². The maximum atomic E-state index is 5.75. The highest BCUT2D eigenvalue weighted by atomic mass is 32.1. The van der Waals surface area contributed by atoms with E-state index in [1.807, 2.05) is 0 Å². The lowest BCUT2D eigenvalue weighted by Gasteiger charge is -2.23. The molecule has 1 aromatic heterocycles. The highest BCUT2D eigenvalue weighted by Gasteiger charge is 2.18. The highest BCUT2D eigenvalue weighted by molar-refractivity contribution is 7.71. The van der Waals surface area contributed by atoms with Crippen LogP contribution in [0.1, 0.15) is 36.3 Å². The largest absolute Gasteiger partial charge is 0.378 e. The van der Waals surface area contributed by atoms with Gasteiger partial charge in [-0.05, 0) is 19.3 Å². The minimum Gasteiger partial charge on any atom is -0.378 e. The second-order valence-electron chi connectivity index (χ2n) is 4.94. The number of nitrogens with one attached hydrogen (secondary N) is 1. The van der Waals surface area contributed by atoms with Crippen LogP contribution in [0.25, 0.3) is 0 Å². The smallest absolute Gasteiger partial charge is 0.135 e. The molecular weight excluding hydrogens is 248 g/mol. The van der Waals surface area contributed by atoms with Crippen LogP contribution < -0.4 is 0 Å². The summed E-state index contributed by atoms with van der Waals surface area (Å²) in [5.74, 6) is 0.965. The number of rotatable bonds is 2. The Bertz CT molecular complexity index is 480. The monoisotopic (exact) mass is 266 g/mol. The maximum Gasteiger partial charge on any atom is 0.135 e. The molecule has 5 heteroatoms. The summed E-state index contributed by atoms with van der Waals surface area (Å²) in [6, 6.07) is 0. The van der Waals surface area contributed by atoms with Crippen molar-refractivity contribution < 1.29 is 9.47 Å². The van der Waals surface area contributed by atoms with E-state index in [0.717, 1.165) is 43.9 Å². The lowest BCUT2D eigenvalue weighted by molar-refractivity contribution is 0.0155. The lowest BCUT2D eigenvalue weighted by Crippen LogP contribution is -2.23. The molecule has 1 saturated heterocycles. The molecule has 1 fully saturated rings. The van der Waals surface area contributed by atoms with Crippen LogP contribution in [0.5, 0.6) is 0 Å². The molecule has 0 saturated carbocycles. The average molecular weight is 266 g/mol. The van der Waals surface area contributed by atoms with Gasteiger partial charge in [-0.2, -0.15) is 0 Å². The molecule has 1 N–H and O–H groups in total. The first-order valence-electron chi connectivity index (χ1n) is 6.63. The topological polar surface area (TPSA) is 47.1 Å². The van der Waals surface area contributed by atoms with Gasteiger partial charge >= 0.3 is 0 Å². The van der Waals surface area contributed by atoms with E-state index in [0.29, 0.717) is 17.4 Å². The van der Waals surface area contributed by atoms with Crippen LogP contribution in [0.3, 0.4) is 0 Å². The van der Waals surface area contributed by atoms with Crippen LogP contribution in [0.2, 0.25) is 0 Å². The number of fused-ring (bicyclic) bond motifs is 1. The first-order chi connectivity index (χ1) is 8.83. The number of hydrogen-bond acceptors (Lipinski definition) is 4. The summed E-state index contributed by atoms with van der Waals surface area (Å²) in [4.78, 5) is 7.90. The molecule has 0 aromatic carbocycles. The molecule has 2 aliphatic rings. The minimum atomic E-state index is 0.301. The third-order valence-electron chi connectivity index (χ3n) is 3.59. The molecule has 1 unspecified atom stereocenters. The van der Waals surface area contributed by atoms with Crippen molar-refractivity contribution in [2.75, 3.05) is 13.2 Å². The van der Waals surface area contributed by atoms with Gasteiger partial charge in [0.2, 0.25) is 0 Å². The van der Waals surface area contributed by atoms with Gasteiger partial charge in [0, 0.05) is 30.7 Å². The van der Waals surface area contributed by atoms with Crippen LogP contribution in [0.15, 0.2) is 0 Å². The van der Waals surface area contributed by atoms with E-state index in [1.165, 1.54) is 18.5 Å². The van der Waals surface area contributed by atoms with Crippen molar-refractivity contribution in [2.45, 2.75) is 44.8 Å². The van der Waals surface area contributed by atoms with Gasteiger partial charge in [0.05, 0.1) is 19.3 Å². The van der Waals surface area contributed by atoms with E-state index in [4.69, 9.17) is 21.7 Å². The zero-order valence-electron chi connectivity index (χ0n) is 10.4. The molecule has 0 radical (unpaired) electrons. The molecule has 98 valence electrons. The number of aromatic amines is 1. The van der Waals surface area contributed by atoms with Crippen LogP contribution >= 0.6 is 12.2 Å². The molecule has 1 atom stereocenters. The first-order valence-corrected chi connectivity index (χ1v) is 7.04. The van der Waals surface area contributed by atoms with E-state index in [9.17, 15) is 0 Å². The van der Waals surface area contributed by atoms with Crippen molar-refractivity contribution in [3.05, 3.63) is 21.7 Å². The SMILES string of the molecule is S=c1nc(CC2CCCCO2)[nH]c2c1COCC2. The van der Waals surface area contributed by atoms with Gasteiger partial charge in [-0.15, -0.1) is 0 Å². The van der Waals surface area contributed by atoms with E-state index in [-0.39, 0.29) is 0 Å². The highest BCUT2D eigenvalue weighted by Crippen LogP contribution is 2.19. The predicted molar refractivity (Wildman–Crippen MR) is 70.1 cm³/mol.